The number of nitrogen functional groups attached to an aromatic ring is 1. The molecule has 2 aromatic heterocycles. The summed E-state index contributed by atoms with van der Waals surface area (Å²) in [4.78, 5) is 25.2. The number of esters is 1. The third-order valence-electron chi connectivity index (χ3n) is 5.74. The molecule has 194 valence electrons. The lowest BCUT2D eigenvalue weighted by molar-refractivity contribution is -0.149. The second kappa shape index (κ2) is 10.7. The van der Waals surface area contributed by atoms with E-state index in [1.807, 2.05) is 24.3 Å². The minimum Gasteiger partial charge on any atom is -0.497 e. The van der Waals surface area contributed by atoms with Crippen LogP contribution in [0.4, 0.5) is 5.82 Å². The minimum absolute atomic E-state index is 0.0794. The summed E-state index contributed by atoms with van der Waals surface area (Å²) >= 11 is 1.39. The summed E-state index contributed by atoms with van der Waals surface area (Å²) in [5, 5.41) is 0.555. The van der Waals surface area contributed by atoms with Crippen molar-refractivity contribution in [2.45, 2.75) is 41.5 Å². The SMILES string of the molecule is [B][P+]1(OCOC(C)=O)OC[C@@H]2O[C@H](n3c(Sc4ccc(OC)cc4)nc4c(N)ncnc43)[C@H](OC)[C@H]2O1. The topological polar surface area (TPSA) is 151 Å². The number of ether oxygens (including phenoxy) is 4. The number of hydrogen-bond donors (Lipinski definition) is 1. The highest BCUT2D eigenvalue weighted by atomic mass is 32.2. The summed E-state index contributed by atoms with van der Waals surface area (Å²) in [5.74, 6) is 0.447. The molecule has 0 saturated carbocycles. The number of methoxy groups -OCH3 is 2. The Hall–Kier alpha value is -2.52. The van der Waals surface area contributed by atoms with E-state index in [2.05, 4.69) is 9.97 Å². The molecule has 2 aliphatic heterocycles. The van der Waals surface area contributed by atoms with Gasteiger partial charge in [-0.3, -0.25) is 9.36 Å². The van der Waals surface area contributed by atoms with Crippen molar-refractivity contribution in [3.8, 4) is 5.75 Å². The Kier molecular flexibility index (Phi) is 7.54. The average molecular weight is 548 g/mol. The zero-order valence-corrected chi connectivity index (χ0v) is 21.9. The number of anilines is 1. The highest BCUT2D eigenvalue weighted by Crippen LogP contribution is 2.63. The van der Waals surface area contributed by atoms with E-state index in [-0.39, 0.29) is 12.4 Å². The fourth-order valence-corrected chi connectivity index (χ4v) is 6.27. The fourth-order valence-electron chi connectivity index (χ4n) is 4.01. The molecule has 3 aromatic rings. The highest BCUT2D eigenvalue weighted by molar-refractivity contribution is 7.99. The van der Waals surface area contributed by atoms with Gasteiger partial charge >= 0.3 is 21.4 Å². The van der Waals surface area contributed by atoms with Crippen molar-refractivity contribution in [3.63, 3.8) is 0 Å². The molecule has 1 aromatic carbocycles. The Labute approximate surface area is 218 Å². The fraction of sp³-hybridized carbons (Fsp3) is 0.429. The van der Waals surface area contributed by atoms with Gasteiger partial charge in [-0.1, -0.05) is 11.8 Å². The van der Waals surface area contributed by atoms with E-state index in [0.29, 0.717) is 16.3 Å². The number of imidazole rings is 1. The molecule has 13 nitrogen and oxygen atoms in total. The molecule has 2 radical (unpaired) electrons. The maximum atomic E-state index is 11.1. The van der Waals surface area contributed by atoms with Gasteiger partial charge in [0.1, 0.15) is 30.9 Å². The Morgan fingerprint density at radius 3 is 2.78 bits per heavy atom. The first-order valence-corrected chi connectivity index (χ1v) is 13.5. The molecule has 0 spiro atoms. The van der Waals surface area contributed by atoms with Gasteiger partial charge in [0.2, 0.25) is 6.79 Å². The molecule has 0 amide bonds. The third-order valence-corrected chi connectivity index (χ3v) is 8.23. The van der Waals surface area contributed by atoms with Gasteiger partial charge < -0.3 is 24.7 Å². The number of carbonyl (C=O) groups excluding carboxylic acids is 1. The molecule has 1 unspecified atom stereocenters. The van der Waals surface area contributed by atoms with Gasteiger partial charge in [-0.2, -0.15) is 13.6 Å². The predicted octanol–water partition coefficient (Wildman–Crippen LogP) is 2.28. The van der Waals surface area contributed by atoms with Crippen LogP contribution in [0.15, 0.2) is 40.6 Å². The number of hydrogen-bond acceptors (Lipinski definition) is 13. The highest BCUT2D eigenvalue weighted by Gasteiger charge is 2.59. The molecule has 2 N–H and O–H groups in total. The lowest BCUT2D eigenvalue weighted by atomic mass is 10.1. The first-order valence-electron chi connectivity index (χ1n) is 11.1. The second-order valence-electron chi connectivity index (χ2n) is 8.03. The average Bonchev–Trinajstić information content (AvgIpc) is 3.41. The van der Waals surface area contributed by atoms with Crippen LogP contribution in [-0.4, -0.2) is 79.0 Å². The number of benzene rings is 1. The Morgan fingerprint density at radius 1 is 1.30 bits per heavy atom. The van der Waals surface area contributed by atoms with Gasteiger partial charge in [0.05, 0.1) is 7.11 Å². The van der Waals surface area contributed by atoms with Gasteiger partial charge in [-0.25, -0.2) is 15.0 Å². The van der Waals surface area contributed by atoms with Crippen molar-refractivity contribution >= 4 is 50.1 Å². The molecular formula is C21H24BN5O8PS+. The van der Waals surface area contributed by atoms with Gasteiger partial charge in [-0.15, -0.1) is 0 Å². The predicted molar refractivity (Wildman–Crippen MR) is 133 cm³/mol. The molecule has 5 rings (SSSR count). The number of fused-ring (bicyclic) bond motifs is 2. The minimum atomic E-state index is -3.30. The number of carbonyl (C=O) groups is 1. The monoisotopic (exact) mass is 548 g/mol. The van der Waals surface area contributed by atoms with E-state index < -0.39 is 45.1 Å². The second-order valence-corrected chi connectivity index (χ2v) is 10.9. The van der Waals surface area contributed by atoms with E-state index in [9.17, 15) is 4.79 Å². The largest absolute Gasteiger partial charge is 0.497 e. The quantitative estimate of drug-likeness (QED) is 0.190. The van der Waals surface area contributed by atoms with Crippen LogP contribution in [0, 0.1) is 0 Å². The van der Waals surface area contributed by atoms with E-state index in [4.69, 9.17) is 50.8 Å². The maximum Gasteiger partial charge on any atom is 0.488 e. The summed E-state index contributed by atoms with van der Waals surface area (Å²) in [5.41, 5.74) is 7.01. The first kappa shape index (κ1) is 26.1. The zero-order chi connectivity index (χ0) is 26.2. The van der Waals surface area contributed by atoms with E-state index >= 15 is 0 Å². The van der Waals surface area contributed by atoms with Crippen molar-refractivity contribution in [3.05, 3.63) is 30.6 Å². The molecule has 2 aliphatic rings. The first-order chi connectivity index (χ1) is 17.8. The van der Waals surface area contributed by atoms with Crippen LogP contribution in [0.2, 0.25) is 0 Å². The molecule has 0 bridgehead atoms. The van der Waals surface area contributed by atoms with Crippen LogP contribution in [0.25, 0.3) is 11.2 Å². The van der Waals surface area contributed by atoms with Gasteiger partial charge in [-0.05, 0) is 24.3 Å². The molecule has 2 fully saturated rings. The van der Waals surface area contributed by atoms with Gasteiger partial charge in [0, 0.05) is 18.9 Å². The van der Waals surface area contributed by atoms with Crippen LogP contribution in [0.3, 0.4) is 0 Å². The van der Waals surface area contributed by atoms with E-state index in [0.717, 1.165) is 10.6 Å². The molecule has 37 heavy (non-hydrogen) atoms. The number of nitrogens with zero attached hydrogens (tertiary/aromatic N) is 4. The molecular weight excluding hydrogens is 524 g/mol. The Morgan fingerprint density at radius 2 is 2.08 bits per heavy atom. The summed E-state index contributed by atoms with van der Waals surface area (Å²) in [6.07, 6.45) is -1.17. The lowest BCUT2D eigenvalue weighted by Gasteiger charge is -2.31. The van der Waals surface area contributed by atoms with Crippen molar-refractivity contribution < 1.29 is 37.3 Å². The zero-order valence-electron chi connectivity index (χ0n) is 20.2. The number of rotatable bonds is 8. The molecule has 0 aliphatic carbocycles. The van der Waals surface area contributed by atoms with Gasteiger partial charge in [0.25, 0.3) is 0 Å². The van der Waals surface area contributed by atoms with Crippen molar-refractivity contribution in [1.82, 2.24) is 19.5 Å². The lowest BCUT2D eigenvalue weighted by Crippen LogP contribution is -2.42. The third kappa shape index (κ3) is 5.25. The Balaban J connectivity index is 1.47. The van der Waals surface area contributed by atoms with Crippen molar-refractivity contribution in [1.29, 1.82) is 0 Å². The van der Waals surface area contributed by atoms with E-state index in [1.165, 1.54) is 32.1 Å². The number of aromatic nitrogens is 4. The van der Waals surface area contributed by atoms with Crippen LogP contribution < -0.4 is 10.5 Å². The Bertz CT molecular complexity index is 1290. The number of nitrogens with two attached hydrogens (primary N) is 1. The van der Waals surface area contributed by atoms with Crippen LogP contribution >= 0.6 is 19.6 Å². The normalized spacial score (nSPS) is 27.2. The van der Waals surface area contributed by atoms with Crippen molar-refractivity contribution in [2.24, 2.45) is 0 Å². The molecule has 5 atom stereocenters. The summed E-state index contributed by atoms with van der Waals surface area (Å²) in [7, 11) is 6.07. The molecule has 2 saturated heterocycles. The van der Waals surface area contributed by atoms with Crippen LogP contribution in [-0.2, 0) is 32.6 Å². The summed E-state index contributed by atoms with van der Waals surface area (Å²) in [6.45, 7) is 0.938. The van der Waals surface area contributed by atoms with Crippen molar-refractivity contribution in [2.75, 3.05) is 33.4 Å². The smallest absolute Gasteiger partial charge is 0.488 e. The maximum absolute atomic E-state index is 11.1. The van der Waals surface area contributed by atoms with Crippen LogP contribution in [0.5, 0.6) is 5.75 Å². The van der Waals surface area contributed by atoms with Crippen LogP contribution in [0.1, 0.15) is 13.2 Å². The molecule has 4 heterocycles. The van der Waals surface area contributed by atoms with E-state index in [1.54, 1.807) is 11.7 Å². The standard InChI is InChI=1S/C21H24BN5O8PS/c1-11(28)31-10-33-36(22)32-8-14-16(35-36)17(30-3)20(34-14)27-19-15(18(23)24-9-25-19)26-21(27)37-13-6-4-12(29-2)5-7-13/h4-7,9,14,16-17,20H,8,10H2,1-3H3,(H2,23,24,25)/q+1/t14-,16-,17+,20-,36?/m0/s1. The summed E-state index contributed by atoms with van der Waals surface area (Å²) < 4.78 is 41.2. The molecule has 16 heteroatoms. The van der Waals surface area contributed by atoms with Gasteiger partial charge in [0.15, 0.2) is 34.5 Å². The summed E-state index contributed by atoms with van der Waals surface area (Å²) in [6, 6.07) is 7.53.